The van der Waals surface area contributed by atoms with Crippen LogP contribution in [0.25, 0.3) is 0 Å². The summed E-state index contributed by atoms with van der Waals surface area (Å²) in [5.41, 5.74) is 0.618. The molecule has 0 unspecified atom stereocenters. The molecule has 1 saturated carbocycles. The number of aromatic nitrogens is 4. The largest absolute Gasteiger partial charge is 0.390 e. The van der Waals surface area contributed by atoms with Gasteiger partial charge in [-0.1, -0.05) is 0 Å². The number of aromatic amines is 1. The molecule has 1 aliphatic rings. The molecule has 3 N–H and O–H groups in total. The van der Waals surface area contributed by atoms with E-state index in [0.717, 1.165) is 12.8 Å². The van der Waals surface area contributed by atoms with Crippen molar-refractivity contribution < 1.29 is 13.5 Å². The zero-order valence-electron chi connectivity index (χ0n) is 10.7. The molecular formula is C11H15N5O3S. The first-order valence-corrected chi connectivity index (χ1v) is 7.74. The molecule has 2 aromatic rings. The number of aliphatic hydroxyl groups is 1. The van der Waals surface area contributed by atoms with Crippen LogP contribution in [0.5, 0.6) is 0 Å². The van der Waals surface area contributed by atoms with Crippen LogP contribution in [0.15, 0.2) is 23.5 Å². The van der Waals surface area contributed by atoms with Gasteiger partial charge >= 0.3 is 0 Å². The minimum Gasteiger partial charge on any atom is -0.390 e. The highest BCUT2D eigenvalue weighted by atomic mass is 32.2. The van der Waals surface area contributed by atoms with Crippen molar-refractivity contribution in [2.45, 2.75) is 36.9 Å². The Morgan fingerprint density at radius 3 is 2.90 bits per heavy atom. The number of sulfonamides is 1. The van der Waals surface area contributed by atoms with Gasteiger partial charge in [0.1, 0.15) is 12.2 Å². The van der Waals surface area contributed by atoms with E-state index in [-0.39, 0.29) is 18.0 Å². The van der Waals surface area contributed by atoms with Crippen LogP contribution < -0.4 is 4.72 Å². The number of aliphatic hydroxyl groups excluding tert-OH is 1. The molecule has 20 heavy (non-hydrogen) atoms. The lowest BCUT2D eigenvalue weighted by atomic mass is 10.4. The maximum atomic E-state index is 12.2. The second kappa shape index (κ2) is 5.00. The summed E-state index contributed by atoms with van der Waals surface area (Å²) in [5.74, 6) is 0.442. The SMILES string of the molecule is O=S(=O)(NCc1ncn[nH]1)c1cc(CO)n(C2CC2)c1. The Morgan fingerprint density at radius 1 is 1.50 bits per heavy atom. The monoisotopic (exact) mass is 297 g/mol. The van der Waals surface area contributed by atoms with Crippen molar-refractivity contribution in [3.63, 3.8) is 0 Å². The third-order valence-electron chi connectivity index (χ3n) is 3.21. The van der Waals surface area contributed by atoms with Gasteiger partial charge in [-0.15, -0.1) is 0 Å². The highest BCUT2D eigenvalue weighted by Crippen LogP contribution is 2.37. The van der Waals surface area contributed by atoms with Crippen molar-refractivity contribution in [3.05, 3.63) is 30.1 Å². The highest BCUT2D eigenvalue weighted by Gasteiger charge is 2.28. The fourth-order valence-electron chi connectivity index (χ4n) is 2.03. The normalized spacial score (nSPS) is 15.7. The summed E-state index contributed by atoms with van der Waals surface area (Å²) in [6.45, 7) is -0.125. The maximum Gasteiger partial charge on any atom is 0.242 e. The van der Waals surface area contributed by atoms with Crippen LogP contribution in [0.3, 0.4) is 0 Å². The van der Waals surface area contributed by atoms with Gasteiger partial charge in [0.25, 0.3) is 0 Å². The second-order valence-corrected chi connectivity index (χ2v) is 6.49. The minimum atomic E-state index is -3.62. The van der Waals surface area contributed by atoms with E-state index in [1.165, 1.54) is 12.4 Å². The van der Waals surface area contributed by atoms with Gasteiger partial charge in [-0.05, 0) is 18.9 Å². The Labute approximate surface area is 115 Å². The van der Waals surface area contributed by atoms with Crippen molar-refractivity contribution in [2.75, 3.05) is 0 Å². The van der Waals surface area contributed by atoms with Gasteiger partial charge in [-0.2, -0.15) is 5.10 Å². The van der Waals surface area contributed by atoms with Crippen LogP contribution in [-0.2, 0) is 23.2 Å². The van der Waals surface area contributed by atoms with Gasteiger partial charge in [-0.3, -0.25) is 5.10 Å². The van der Waals surface area contributed by atoms with Gasteiger partial charge in [0.2, 0.25) is 10.0 Å². The second-order valence-electron chi connectivity index (χ2n) is 4.72. The molecule has 8 nitrogen and oxygen atoms in total. The Hall–Kier alpha value is -1.71. The average Bonchev–Trinajstić information content (AvgIpc) is 2.98. The first-order chi connectivity index (χ1) is 9.60. The van der Waals surface area contributed by atoms with E-state index in [1.54, 1.807) is 6.20 Å². The lowest BCUT2D eigenvalue weighted by Crippen LogP contribution is -2.23. The molecule has 0 aliphatic heterocycles. The Kier molecular flexibility index (Phi) is 3.32. The Balaban J connectivity index is 1.79. The Bertz CT molecular complexity index is 688. The van der Waals surface area contributed by atoms with E-state index in [1.807, 2.05) is 4.57 Å². The van der Waals surface area contributed by atoms with E-state index in [0.29, 0.717) is 17.6 Å². The molecule has 0 bridgehead atoms. The van der Waals surface area contributed by atoms with E-state index in [9.17, 15) is 13.5 Å². The fraction of sp³-hybridized carbons (Fsp3) is 0.455. The molecule has 0 amide bonds. The smallest absolute Gasteiger partial charge is 0.242 e. The number of rotatable bonds is 6. The van der Waals surface area contributed by atoms with Gasteiger partial charge in [0, 0.05) is 17.9 Å². The molecule has 1 aliphatic carbocycles. The number of nitrogens with zero attached hydrogens (tertiary/aromatic N) is 3. The van der Waals surface area contributed by atoms with Gasteiger partial charge in [-0.25, -0.2) is 18.1 Å². The molecule has 0 spiro atoms. The lowest BCUT2D eigenvalue weighted by molar-refractivity contribution is 0.270. The number of hydrogen-bond donors (Lipinski definition) is 3. The van der Waals surface area contributed by atoms with E-state index in [4.69, 9.17) is 0 Å². The van der Waals surface area contributed by atoms with Crippen LogP contribution in [0.4, 0.5) is 0 Å². The van der Waals surface area contributed by atoms with Crippen molar-refractivity contribution in [2.24, 2.45) is 0 Å². The predicted octanol–water partition coefficient (Wildman–Crippen LogP) is -0.0881. The van der Waals surface area contributed by atoms with Crippen LogP contribution in [0.2, 0.25) is 0 Å². The van der Waals surface area contributed by atoms with Crippen LogP contribution >= 0.6 is 0 Å². The van der Waals surface area contributed by atoms with Crippen molar-refractivity contribution in [1.82, 2.24) is 24.5 Å². The van der Waals surface area contributed by atoms with Gasteiger partial charge in [0.05, 0.1) is 18.0 Å². The number of nitrogens with one attached hydrogen (secondary N) is 2. The molecule has 0 atom stereocenters. The Morgan fingerprint density at radius 2 is 2.30 bits per heavy atom. The standard InChI is InChI=1S/C11H15N5O3S/c17-6-9-3-10(5-16(9)8-1-2-8)20(18,19)14-4-11-12-7-13-15-11/h3,5,7-8,14,17H,1-2,4,6H2,(H,12,13,15). The van der Waals surface area contributed by atoms with E-state index < -0.39 is 10.0 Å². The zero-order valence-corrected chi connectivity index (χ0v) is 11.5. The third-order valence-corrected chi connectivity index (χ3v) is 4.58. The molecule has 0 radical (unpaired) electrons. The van der Waals surface area contributed by atoms with Gasteiger partial charge < -0.3 is 9.67 Å². The summed E-state index contributed by atoms with van der Waals surface area (Å²) >= 11 is 0. The van der Waals surface area contributed by atoms with Crippen molar-refractivity contribution in [3.8, 4) is 0 Å². The summed E-state index contributed by atoms with van der Waals surface area (Å²) in [7, 11) is -3.62. The first-order valence-electron chi connectivity index (χ1n) is 6.25. The lowest BCUT2D eigenvalue weighted by Gasteiger charge is -2.03. The van der Waals surface area contributed by atoms with Crippen LogP contribution in [-0.4, -0.2) is 33.3 Å². The zero-order chi connectivity index (χ0) is 14.2. The summed E-state index contributed by atoms with van der Waals surface area (Å²) in [5, 5.41) is 15.5. The molecule has 3 rings (SSSR count). The summed E-state index contributed by atoms with van der Waals surface area (Å²) < 4.78 is 28.6. The summed E-state index contributed by atoms with van der Waals surface area (Å²) in [6, 6.07) is 1.82. The fourth-order valence-corrected chi connectivity index (χ4v) is 3.06. The molecular weight excluding hydrogens is 282 g/mol. The minimum absolute atomic E-state index is 0.0470. The van der Waals surface area contributed by atoms with E-state index in [2.05, 4.69) is 19.9 Å². The van der Waals surface area contributed by atoms with Gasteiger partial charge in [0.15, 0.2) is 0 Å². The third kappa shape index (κ3) is 2.60. The first kappa shape index (κ1) is 13.3. The maximum absolute atomic E-state index is 12.2. The highest BCUT2D eigenvalue weighted by molar-refractivity contribution is 7.89. The quantitative estimate of drug-likeness (QED) is 0.690. The average molecular weight is 297 g/mol. The number of H-pyrrole nitrogens is 1. The molecule has 108 valence electrons. The van der Waals surface area contributed by atoms with Crippen LogP contribution in [0.1, 0.15) is 30.4 Å². The van der Waals surface area contributed by atoms with E-state index >= 15 is 0 Å². The topological polar surface area (TPSA) is 113 Å². The summed E-state index contributed by atoms with van der Waals surface area (Å²) in [4.78, 5) is 4.01. The molecule has 2 heterocycles. The summed E-state index contributed by atoms with van der Waals surface area (Å²) in [6.07, 6.45) is 4.93. The molecule has 9 heteroatoms. The van der Waals surface area contributed by atoms with Crippen molar-refractivity contribution >= 4 is 10.0 Å². The van der Waals surface area contributed by atoms with Crippen LogP contribution in [0, 0.1) is 0 Å². The molecule has 0 saturated heterocycles. The molecule has 0 aromatic carbocycles. The molecule has 1 fully saturated rings. The molecule has 2 aromatic heterocycles. The predicted molar refractivity (Wildman–Crippen MR) is 69.0 cm³/mol. The number of hydrogen-bond acceptors (Lipinski definition) is 5. The van der Waals surface area contributed by atoms with Crippen molar-refractivity contribution in [1.29, 1.82) is 0 Å².